The van der Waals surface area contributed by atoms with Gasteiger partial charge in [-0.3, -0.25) is 0 Å². The lowest BCUT2D eigenvalue weighted by Crippen LogP contribution is -2.50. The van der Waals surface area contributed by atoms with Gasteiger partial charge in [0.15, 0.2) is 0 Å². The third kappa shape index (κ3) is 1.91. The van der Waals surface area contributed by atoms with Crippen LogP contribution < -0.4 is 5.32 Å². The van der Waals surface area contributed by atoms with Gasteiger partial charge in [0.1, 0.15) is 5.76 Å². The fraction of sp³-hybridized carbons (Fsp3) is 0.750. The molecule has 4 aliphatic carbocycles. The molecule has 0 spiro atoms. The van der Waals surface area contributed by atoms with E-state index in [1.54, 1.807) is 6.26 Å². The van der Waals surface area contributed by atoms with Gasteiger partial charge in [-0.15, -0.1) is 0 Å². The molecule has 0 saturated heterocycles. The van der Waals surface area contributed by atoms with Gasteiger partial charge < -0.3 is 9.73 Å². The Morgan fingerprint density at radius 3 is 2.33 bits per heavy atom. The van der Waals surface area contributed by atoms with Crippen molar-refractivity contribution in [3.63, 3.8) is 0 Å². The molecule has 1 N–H and O–H groups in total. The van der Waals surface area contributed by atoms with Crippen molar-refractivity contribution >= 4 is 0 Å². The molecule has 5 rings (SSSR count). The zero-order valence-corrected chi connectivity index (χ0v) is 11.0. The summed E-state index contributed by atoms with van der Waals surface area (Å²) in [6, 6.07) is 4.04. The van der Waals surface area contributed by atoms with Crippen LogP contribution in [0.1, 0.15) is 44.3 Å². The molecule has 1 aromatic rings. The van der Waals surface area contributed by atoms with Gasteiger partial charge in [0.05, 0.1) is 12.8 Å². The number of nitrogens with one attached hydrogen (secondary N) is 1. The highest BCUT2D eigenvalue weighted by Crippen LogP contribution is 2.59. The lowest BCUT2D eigenvalue weighted by Gasteiger charge is -2.57. The molecule has 2 heteroatoms. The number of hydrogen-bond donors (Lipinski definition) is 1. The van der Waals surface area contributed by atoms with Crippen LogP contribution in [0.5, 0.6) is 0 Å². The van der Waals surface area contributed by atoms with E-state index in [0.29, 0.717) is 5.41 Å². The van der Waals surface area contributed by atoms with Gasteiger partial charge in [0, 0.05) is 6.54 Å². The van der Waals surface area contributed by atoms with Crippen LogP contribution in [0.25, 0.3) is 0 Å². The largest absolute Gasteiger partial charge is 0.468 e. The Labute approximate surface area is 109 Å². The second kappa shape index (κ2) is 4.12. The van der Waals surface area contributed by atoms with Crippen molar-refractivity contribution < 1.29 is 4.42 Å². The maximum atomic E-state index is 5.39. The minimum Gasteiger partial charge on any atom is -0.468 e. The van der Waals surface area contributed by atoms with E-state index in [9.17, 15) is 0 Å². The number of furan rings is 1. The molecule has 1 heterocycles. The summed E-state index contributed by atoms with van der Waals surface area (Å²) in [6.07, 6.45) is 10.9. The van der Waals surface area contributed by atoms with Crippen LogP contribution >= 0.6 is 0 Å². The maximum Gasteiger partial charge on any atom is 0.117 e. The Balaban J connectivity index is 1.39. The van der Waals surface area contributed by atoms with E-state index in [2.05, 4.69) is 11.4 Å². The van der Waals surface area contributed by atoms with Crippen molar-refractivity contribution in [2.75, 3.05) is 6.54 Å². The molecule has 0 unspecified atom stereocenters. The molecule has 4 aliphatic rings. The highest BCUT2D eigenvalue weighted by molar-refractivity contribution is 5.03. The molecule has 98 valence electrons. The zero-order chi connectivity index (χ0) is 12.0. The topological polar surface area (TPSA) is 25.2 Å². The maximum absolute atomic E-state index is 5.39. The third-order valence-electron chi connectivity index (χ3n) is 5.54. The summed E-state index contributed by atoms with van der Waals surface area (Å²) in [4.78, 5) is 0. The molecule has 0 aliphatic heterocycles. The first-order chi connectivity index (χ1) is 8.81. The van der Waals surface area contributed by atoms with Crippen LogP contribution in [0, 0.1) is 23.2 Å². The van der Waals surface area contributed by atoms with Gasteiger partial charge in [0.25, 0.3) is 0 Å². The Kier molecular flexibility index (Phi) is 2.54. The van der Waals surface area contributed by atoms with Crippen molar-refractivity contribution in [3.8, 4) is 0 Å². The third-order valence-corrected chi connectivity index (χ3v) is 5.54. The molecule has 4 saturated carbocycles. The van der Waals surface area contributed by atoms with Gasteiger partial charge in [-0.05, 0) is 73.8 Å². The standard InChI is InChI=1S/C16H23NO/c1-2-15(18-3-1)10-17-11-16-7-12-4-13(8-16)6-14(5-12)9-16/h1-3,12-14,17H,4-11H2. The minimum atomic E-state index is 0.640. The van der Waals surface area contributed by atoms with Crippen molar-refractivity contribution in [2.45, 2.75) is 45.1 Å². The molecular formula is C16H23NO. The van der Waals surface area contributed by atoms with E-state index >= 15 is 0 Å². The summed E-state index contributed by atoms with van der Waals surface area (Å²) in [5.41, 5.74) is 0.640. The smallest absolute Gasteiger partial charge is 0.117 e. The first-order valence-corrected chi connectivity index (χ1v) is 7.54. The highest BCUT2D eigenvalue weighted by atomic mass is 16.3. The fourth-order valence-corrected chi connectivity index (χ4v) is 5.37. The molecular weight excluding hydrogens is 222 g/mol. The predicted octanol–water partition coefficient (Wildman–Crippen LogP) is 3.59. The first kappa shape index (κ1) is 11.1. The van der Waals surface area contributed by atoms with E-state index in [4.69, 9.17) is 4.42 Å². The molecule has 4 bridgehead atoms. The normalized spacial score (nSPS) is 41.4. The van der Waals surface area contributed by atoms with Gasteiger partial charge in [-0.25, -0.2) is 0 Å². The molecule has 0 amide bonds. The van der Waals surface area contributed by atoms with Gasteiger partial charge >= 0.3 is 0 Å². The monoisotopic (exact) mass is 245 g/mol. The summed E-state index contributed by atoms with van der Waals surface area (Å²) in [6.45, 7) is 2.10. The van der Waals surface area contributed by atoms with Crippen LogP contribution in [0.3, 0.4) is 0 Å². The average Bonchev–Trinajstić information content (AvgIpc) is 2.79. The Bertz CT molecular complexity index is 373. The Hall–Kier alpha value is -0.760. The van der Waals surface area contributed by atoms with Crippen LogP contribution in [-0.4, -0.2) is 6.54 Å². The van der Waals surface area contributed by atoms with E-state index < -0.39 is 0 Å². The molecule has 0 radical (unpaired) electrons. The summed E-state index contributed by atoms with van der Waals surface area (Å²) < 4.78 is 5.39. The quantitative estimate of drug-likeness (QED) is 0.877. The first-order valence-electron chi connectivity index (χ1n) is 7.54. The SMILES string of the molecule is c1coc(CNCC23CC4CC(CC(C4)C2)C3)c1. The summed E-state index contributed by atoms with van der Waals surface area (Å²) >= 11 is 0. The zero-order valence-electron chi connectivity index (χ0n) is 11.0. The Morgan fingerprint density at radius 2 is 1.78 bits per heavy atom. The van der Waals surface area contributed by atoms with Gasteiger partial charge in [-0.1, -0.05) is 0 Å². The summed E-state index contributed by atoms with van der Waals surface area (Å²) in [5.74, 6) is 4.24. The van der Waals surface area contributed by atoms with E-state index in [1.807, 2.05) is 6.07 Å². The molecule has 4 fully saturated rings. The summed E-state index contributed by atoms with van der Waals surface area (Å²) in [5, 5.41) is 3.65. The van der Waals surface area contributed by atoms with Crippen LogP contribution in [0.2, 0.25) is 0 Å². The van der Waals surface area contributed by atoms with Crippen molar-refractivity contribution in [1.82, 2.24) is 5.32 Å². The fourth-order valence-electron chi connectivity index (χ4n) is 5.37. The minimum absolute atomic E-state index is 0.640. The van der Waals surface area contributed by atoms with E-state index in [-0.39, 0.29) is 0 Å². The van der Waals surface area contributed by atoms with Crippen LogP contribution in [-0.2, 0) is 6.54 Å². The average molecular weight is 245 g/mol. The highest BCUT2D eigenvalue weighted by Gasteiger charge is 2.50. The van der Waals surface area contributed by atoms with Gasteiger partial charge in [-0.2, -0.15) is 0 Å². The molecule has 2 nitrogen and oxygen atoms in total. The summed E-state index contributed by atoms with van der Waals surface area (Å²) in [7, 11) is 0. The molecule has 1 aromatic heterocycles. The van der Waals surface area contributed by atoms with E-state index in [0.717, 1.165) is 30.1 Å². The van der Waals surface area contributed by atoms with Crippen LogP contribution in [0.15, 0.2) is 22.8 Å². The van der Waals surface area contributed by atoms with E-state index in [1.165, 1.54) is 45.1 Å². The molecule has 18 heavy (non-hydrogen) atoms. The Morgan fingerprint density at radius 1 is 1.11 bits per heavy atom. The van der Waals surface area contributed by atoms with Crippen LogP contribution in [0.4, 0.5) is 0 Å². The second-order valence-corrected chi connectivity index (χ2v) is 7.10. The lowest BCUT2D eigenvalue weighted by atomic mass is 9.49. The van der Waals surface area contributed by atoms with Gasteiger partial charge in [0.2, 0.25) is 0 Å². The predicted molar refractivity (Wildman–Crippen MR) is 71.0 cm³/mol. The number of rotatable bonds is 4. The molecule has 0 atom stereocenters. The second-order valence-electron chi connectivity index (χ2n) is 7.10. The van der Waals surface area contributed by atoms with Crippen molar-refractivity contribution in [2.24, 2.45) is 23.2 Å². The molecule has 0 aromatic carbocycles. The lowest BCUT2D eigenvalue weighted by molar-refractivity contribution is -0.0515. The van der Waals surface area contributed by atoms with Crippen molar-refractivity contribution in [3.05, 3.63) is 24.2 Å². The number of hydrogen-bond acceptors (Lipinski definition) is 2. The van der Waals surface area contributed by atoms with Crippen molar-refractivity contribution in [1.29, 1.82) is 0 Å².